The molecule has 2 aliphatic carbocycles. The Hall–Kier alpha value is -5.35. The fourth-order valence-corrected chi connectivity index (χ4v) is 9.84. The van der Waals surface area contributed by atoms with Crippen molar-refractivity contribution in [3.05, 3.63) is 64.7 Å². The number of Topliss-reactive ketones (excluding diaryl/α,β-unsaturated/α-hetero) is 1. The van der Waals surface area contributed by atoms with E-state index in [1.54, 1.807) is 11.8 Å². The molecule has 3 aliphatic heterocycles. The van der Waals surface area contributed by atoms with E-state index in [4.69, 9.17) is 0 Å². The van der Waals surface area contributed by atoms with Crippen molar-refractivity contribution < 1.29 is 38.7 Å². The first-order chi connectivity index (χ1) is 29.1. The molecule has 0 unspecified atom stereocenters. The number of rotatable bonds is 12. The van der Waals surface area contributed by atoms with Crippen LogP contribution in [0.15, 0.2) is 42.5 Å². The molecule has 61 heavy (non-hydrogen) atoms. The second-order valence-electron chi connectivity index (χ2n) is 18.2. The van der Waals surface area contributed by atoms with Crippen molar-refractivity contribution in [2.45, 2.75) is 108 Å². The Morgan fingerprint density at radius 2 is 1.61 bits per heavy atom. The number of fused-ring (bicyclic) bond motifs is 1. The zero-order valence-corrected chi connectivity index (χ0v) is 35.9. The number of nitrogens with zero attached hydrogens (tertiary/aromatic N) is 4. The van der Waals surface area contributed by atoms with Crippen LogP contribution in [0.2, 0.25) is 0 Å². The van der Waals surface area contributed by atoms with Gasteiger partial charge >= 0.3 is 6.03 Å². The van der Waals surface area contributed by atoms with Gasteiger partial charge in [-0.3, -0.25) is 28.8 Å². The summed E-state index contributed by atoms with van der Waals surface area (Å²) in [5.74, 6) is -2.54. The Morgan fingerprint density at radius 3 is 2.33 bits per heavy atom. The number of aliphatic hydroxyl groups is 1. The van der Waals surface area contributed by atoms with Gasteiger partial charge in [0.1, 0.15) is 35.7 Å². The van der Waals surface area contributed by atoms with E-state index < -0.39 is 72.0 Å². The summed E-state index contributed by atoms with van der Waals surface area (Å²) >= 11 is 0. The molecule has 3 saturated heterocycles. The van der Waals surface area contributed by atoms with Crippen molar-refractivity contribution >= 4 is 47.0 Å². The van der Waals surface area contributed by atoms with Crippen molar-refractivity contribution in [2.75, 3.05) is 51.7 Å². The van der Waals surface area contributed by atoms with Crippen LogP contribution >= 0.6 is 0 Å². The lowest BCUT2D eigenvalue weighted by molar-refractivity contribution is -0.152. The van der Waals surface area contributed by atoms with Gasteiger partial charge in [0.2, 0.25) is 29.5 Å². The van der Waals surface area contributed by atoms with Crippen LogP contribution < -0.4 is 21.3 Å². The monoisotopic (exact) mass is 840 g/mol. The molecule has 1 saturated carbocycles. The number of benzene rings is 2. The average Bonchev–Trinajstić information content (AvgIpc) is 3.57. The van der Waals surface area contributed by atoms with Crippen molar-refractivity contribution in [2.24, 2.45) is 11.8 Å². The van der Waals surface area contributed by atoms with Crippen molar-refractivity contribution in [3.8, 4) is 0 Å². The number of amides is 7. The summed E-state index contributed by atoms with van der Waals surface area (Å²) in [5.41, 5.74) is 4.00. The van der Waals surface area contributed by atoms with Crippen LogP contribution in [-0.4, -0.2) is 148 Å². The maximum absolute atomic E-state index is 14.5. The molecule has 2 aromatic rings. The molecule has 4 fully saturated rings. The number of aryl methyl sites for hydroxylation is 3. The van der Waals surface area contributed by atoms with Gasteiger partial charge in [-0.15, -0.1) is 0 Å². The zero-order chi connectivity index (χ0) is 43.7. The van der Waals surface area contributed by atoms with Gasteiger partial charge in [0, 0.05) is 51.3 Å². The molecule has 5 aliphatic rings. The molecule has 1 spiro atoms. The van der Waals surface area contributed by atoms with Crippen LogP contribution in [0.5, 0.6) is 0 Å². The molecule has 328 valence electrons. The fourth-order valence-electron chi connectivity index (χ4n) is 9.84. The van der Waals surface area contributed by atoms with Crippen molar-refractivity contribution in [3.63, 3.8) is 0 Å². The van der Waals surface area contributed by atoms with Crippen LogP contribution in [0.3, 0.4) is 0 Å². The molecular weight excluding hydrogens is 781 g/mol. The third-order valence-electron chi connectivity index (χ3n) is 13.1. The third kappa shape index (κ3) is 9.44. The lowest BCUT2D eigenvalue weighted by Gasteiger charge is -2.41. The van der Waals surface area contributed by atoms with Crippen molar-refractivity contribution in [1.29, 1.82) is 0 Å². The smallest absolute Gasteiger partial charge is 0.319 e. The van der Waals surface area contributed by atoms with Crippen LogP contribution in [0.1, 0.15) is 68.7 Å². The highest BCUT2D eigenvalue weighted by Crippen LogP contribution is 2.48. The second kappa shape index (κ2) is 17.9. The second-order valence-corrected chi connectivity index (χ2v) is 18.2. The van der Waals surface area contributed by atoms with E-state index in [1.165, 1.54) is 20.9 Å². The standard InChI is InChI=1S/C45H60N8O8/c1-26-8-6-9-30(16-26)18-34(49-44(61)47-33-13-12-31-10-7-11-32(31)19-33)39(56)48-35(25-54)42(59)52-22-27(2)17-36(52)43(60)51-15-14-50(5)24-37(51)40(57)46-29(4)41(58)53-23-28(3)20-45(53)21-38(45)55/h6,8-9,12-13,16,19,27-29,34-37,54H,7,10-11,14-15,17-18,20-25H2,1-5H3,(H,46,57)(H,48,56)(H2,47,49,61)/t27-,28-,29+,34+,35+,36+,37+,45-/m1/s1. The number of ketones is 1. The number of likely N-dealkylation sites (tertiary alicyclic amines) is 2. The largest absolute Gasteiger partial charge is 0.394 e. The molecule has 0 aromatic heterocycles. The SMILES string of the molecule is Cc1cccc(C[C@H](NC(=O)Nc2ccc3c(c2)CCC3)C(=O)N[C@@H](CO)C(=O)N2C[C@H](C)C[C@H]2C(=O)N2CCN(C)C[C@H]2C(=O)N[C@@H](C)C(=O)N2C[C@H](C)C[C@]23CC3=O)c1. The summed E-state index contributed by atoms with van der Waals surface area (Å²) in [5, 5.41) is 21.6. The number of hydrogen-bond donors (Lipinski definition) is 5. The third-order valence-corrected chi connectivity index (χ3v) is 13.1. The Balaban J connectivity index is 1.03. The number of carbonyl (C=O) groups excluding carboxylic acids is 7. The fraction of sp³-hybridized carbons (Fsp3) is 0.578. The summed E-state index contributed by atoms with van der Waals surface area (Å²) in [6, 6.07) is 7.25. The summed E-state index contributed by atoms with van der Waals surface area (Å²) in [4.78, 5) is 102. The van der Waals surface area contributed by atoms with Gasteiger partial charge in [0.25, 0.3) is 0 Å². The Kier molecular flexibility index (Phi) is 12.9. The molecular formula is C45H60N8O8. The number of piperazine rings is 1. The zero-order valence-electron chi connectivity index (χ0n) is 35.9. The predicted octanol–water partition coefficient (Wildman–Crippen LogP) is 1.16. The Morgan fingerprint density at radius 1 is 0.852 bits per heavy atom. The summed E-state index contributed by atoms with van der Waals surface area (Å²) in [7, 11) is 1.84. The highest BCUT2D eigenvalue weighted by atomic mass is 16.3. The first-order valence-electron chi connectivity index (χ1n) is 21.7. The van der Waals surface area contributed by atoms with E-state index >= 15 is 0 Å². The highest BCUT2D eigenvalue weighted by Gasteiger charge is 2.63. The number of aliphatic hydroxyl groups excluding tert-OH is 1. The van der Waals surface area contributed by atoms with Gasteiger partial charge in [-0.1, -0.05) is 49.7 Å². The molecule has 7 rings (SSSR count). The maximum atomic E-state index is 14.5. The number of hydrogen-bond acceptors (Lipinski definition) is 9. The van der Waals surface area contributed by atoms with E-state index in [0.29, 0.717) is 38.0 Å². The molecule has 0 radical (unpaired) electrons. The minimum absolute atomic E-state index is 0.0365. The molecule has 5 N–H and O–H groups in total. The number of likely N-dealkylation sites (N-methyl/N-ethyl adjacent to an activating group) is 1. The first-order valence-corrected chi connectivity index (χ1v) is 21.7. The summed E-state index contributed by atoms with van der Waals surface area (Å²) < 4.78 is 0. The minimum Gasteiger partial charge on any atom is -0.394 e. The van der Waals surface area contributed by atoms with E-state index in [9.17, 15) is 38.7 Å². The van der Waals surface area contributed by atoms with Crippen LogP contribution in [-0.2, 0) is 48.0 Å². The van der Waals surface area contributed by atoms with Gasteiger partial charge in [-0.2, -0.15) is 0 Å². The van der Waals surface area contributed by atoms with Gasteiger partial charge in [0.15, 0.2) is 5.78 Å². The Labute approximate surface area is 357 Å². The van der Waals surface area contributed by atoms with E-state index in [2.05, 4.69) is 21.3 Å². The lowest BCUT2D eigenvalue weighted by atomic mass is 10.0. The predicted molar refractivity (Wildman–Crippen MR) is 226 cm³/mol. The van der Waals surface area contributed by atoms with E-state index in [0.717, 1.165) is 30.4 Å². The average molecular weight is 841 g/mol. The minimum atomic E-state index is -1.43. The Bertz CT molecular complexity index is 2080. The van der Waals surface area contributed by atoms with Gasteiger partial charge in [-0.25, -0.2) is 4.79 Å². The summed E-state index contributed by atoms with van der Waals surface area (Å²) in [6.45, 7) is 8.14. The molecule has 7 amide bonds. The number of nitrogens with one attached hydrogen (secondary N) is 4. The highest BCUT2D eigenvalue weighted by molar-refractivity contribution is 6.09. The van der Waals surface area contributed by atoms with Crippen LogP contribution in [0, 0.1) is 18.8 Å². The molecule has 8 atom stereocenters. The number of urea groups is 1. The number of carbonyl (C=O) groups is 7. The lowest BCUT2D eigenvalue weighted by Crippen LogP contribution is -2.65. The molecule has 2 aromatic carbocycles. The van der Waals surface area contributed by atoms with Gasteiger partial charge in [-0.05, 0) is 93.7 Å². The number of anilines is 1. The molecule has 3 heterocycles. The molecule has 16 heteroatoms. The topological polar surface area (TPSA) is 201 Å². The van der Waals surface area contributed by atoms with E-state index in [-0.39, 0.29) is 49.6 Å². The van der Waals surface area contributed by atoms with Gasteiger partial charge < -0.3 is 46.0 Å². The first kappa shape index (κ1) is 43.7. The van der Waals surface area contributed by atoms with Crippen molar-refractivity contribution in [1.82, 2.24) is 35.6 Å². The maximum Gasteiger partial charge on any atom is 0.319 e. The van der Waals surface area contributed by atoms with Gasteiger partial charge in [0.05, 0.1) is 6.61 Å². The normalized spacial score (nSPS) is 26.1. The van der Waals surface area contributed by atoms with E-state index in [1.807, 2.05) is 75.2 Å². The molecule has 16 nitrogen and oxygen atoms in total. The quantitative estimate of drug-likeness (QED) is 0.208. The summed E-state index contributed by atoms with van der Waals surface area (Å²) in [6.07, 6.45) is 4.33. The molecule has 0 bridgehead atoms. The van der Waals surface area contributed by atoms with Crippen LogP contribution in [0.4, 0.5) is 10.5 Å². The van der Waals surface area contributed by atoms with Crippen LogP contribution in [0.25, 0.3) is 0 Å².